The second kappa shape index (κ2) is 35.2. The summed E-state index contributed by atoms with van der Waals surface area (Å²) in [5.41, 5.74) is 0. The van der Waals surface area contributed by atoms with Crippen LogP contribution in [-0.2, 0) is 24.1 Å². The lowest BCUT2D eigenvalue weighted by Gasteiger charge is -2.34. The standard InChI is InChI=1S/C40H67Cl11O10S/c1-3-4-5-6-7-8-9-10-11-12-13-14-15-19-32(54)60-25(2)17-16-18-27(42)33(45)31(61-62(57,58)59)22-28(43)34(46)39(56)37(49)35(47)36(48)38(55)29(44)23-40(50,51)21-20-26(41)30(53)24-52/h16-17,25-31,33-39,52-53,55-56H,3-15,18-24H2,1-2H3,(H,57,58,59)/p-1/b17-16+/t25?,26?,27-,28?,29-,30?,31+,33+,34+,35+,36+,37-,38?,39-/m1/s1. The number of hydrogen-bond donors (Lipinski definition) is 4. The summed E-state index contributed by atoms with van der Waals surface area (Å²) in [5.74, 6) is -0.331. The number of unbranched alkanes of at least 4 members (excludes halogenated alkanes) is 12. The Labute approximate surface area is 425 Å². The van der Waals surface area contributed by atoms with Gasteiger partial charge in [-0.15, -0.1) is 128 Å². The maximum absolute atomic E-state index is 12.4. The first-order chi connectivity index (χ1) is 28.9. The van der Waals surface area contributed by atoms with E-state index in [4.69, 9.17) is 142 Å². The highest BCUT2D eigenvalue weighted by atomic mass is 35.5. The lowest BCUT2D eigenvalue weighted by Crippen LogP contribution is -2.49. The molecule has 0 aromatic carbocycles. The van der Waals surface area contributed by atoms with Crippen molar-refractivity contribution in [2.45, 2.75) is 219 Å². The van der Waals surface area contributed by atoms with Gasteiger partial charge in [0.25, 0.3) is 0 Å². The molecule has 5 unspecified atom stereocenters. The molecule has 62 heavy (non-hydrogen) atoms. The van der Waals surface area contributed by atoms with Crippen molar-refractivity contribution in [2.24, 2.45) is 0 Å². The van der Waals surface area contributed by atoms with Crippen molar-refractivity contribution >= 4 is 144 Å². The zero-order valence-corrected chi connectivity index (χ0v) is 44.3. The fourth-order valence-corrected chi connectivity index (χ4v) is 10.5. The molecule has 0 fully saturated rings. The van der Waals surface area contributed by atoms with Gasteiger partial charge in [0.15, 0.2) is 0 Å². The predicted octanol–water partition coefficient (Wildman–Crippen LogP) is 11.5. The number of carbonyl (C=O) groups is 1. The Morgan fingerprint density at radius 2 is 1.19 bits per heavy atom. The van der Waals surface area contributed by atoms with Crippen LogP contribution in [0.15, 0.2) is 12.2 Å². The largest absolute Gasteiger partial charge is 0.726 e. The molecule has 0 heterocycles. The van der Waals surface area contributed by atoms with Crippen LogP contribution in [0.2, 0.25) is 0 Å². The molecule has 14 atom stereocenters. The minimum atomic E-state index is -5.33. The number of alkyl halides is 11. The Hall–Kier alpha value is 2.11. The van der Waals surface area contributed by atoms with Crippen LogP contribution in [0.4, 0.5) is 0 Å². The lowest BCUT2D eigenvalue weighted by atomic mass is 9.97. The van der Waals surface area contributed by atoms with Gasteiger partial charge in [0, 0.05) is 6.42 Å². The molecule has 370 valence electrons. The van der Waals surface area contributed by atoms with Crippen molar-refractivity contribution in [3.63, 3.8) is 0 Å². The number of aliphatic hydroxyl groups excluding tert-OH is 4. The van der Waals surface area contributed by atoms with Crippen LogP contribution in [-0.4, -0.2) is 129 Å². The fourth-order valence-electron chi connectivity index (χ4n) is 6.39. The van der Waals surface area contributed by atoms with Crippen LogP contribution < -0.4 is 0 Å². The van der Waals surface area contributed by atoms with Gasteiger partial charge in [0.2, 0.25) is 10.4 Å². The molecule has 4 N–H and O–H groups in total. The molecule has 0 amide bonds. The zero-order valence-electron chi connectivity index (χ0n) is 35.2. The fraction of sp³-hybridized carbons (Fsp3) is 0.925. The molecule has 0 aliphatic heterocycles. The molecule has 0 radical (unpaired) electrons. The Balaban J connectivity index is 5.06. The van der Waals surface area contributed by atoms with Crippen LogP contribution >= 0.6 is 128 Å². The van der Waals surface area contributed by atoms with E-state index in [0.717, 1.165) is 25.7 Å². The van der Waals surface area contributed by atoms with E-state index in [1.165, 1.54) is 57.8 Å². The number of aliphatic hydroxyl groups is 4. The van der Waals surface area contributed by atoms with E-state index in [-0.39, 0.29) is 31.7 Å². The monoisotopic (exact) mass is 1120 g/mol. The summed E-state index contributed by atoms with van der Waals surface area (Å²) in [6.07, 6.45) is 11.7. The van der Waals surface area contributed by atoms with Crippen molar-refractivity contribution in [3.05, 3.63) is 12.2 Å². The van der Waals surface area contributed by atoms with Crippen molar-refractivity contribution in [3.8, 4) is 0 Å². The number of ether oxygens (including phenoxy) is 1. The topological polar surface area (TPSA) is 174 Å². The third kappa shape index (κ3) is 29.2. The van der Waals surface area contributed by atoms with Gasteiger partial charge in [-0.2, -0.15) is 0 Å². The first kappa shape index (κ1) is 64.1. The smallest absolute Gasteiger partial charge is 0.306 e. The van der Waals surface area contributed by atoms with Gasteiger partial charge in [0.05, 0.1) is 79.4 Å². The molecule has 0 saturated carbocycles. The summed E-state index contributed by atoms with van der Waals surface area (Å²) >= 11 is 70.3. The van der Waals surface area contributed by atoms with Gasteiger partial charge in [0.1, 0.15) is 10.4 Å². The normalized spacial score (nSPS) is 19.7. The van der Waals surface area contributed by atoms with Gasteiger partial charge >= 0.3 is 5.97 Å². The number of hydrogen-bond acceptors (Lipinski definition) is 10. The molecule has 0 saturated heterocycles. The molecule has 0 aliphatic carbocycles. The quantitative estimate of drug-likeness (QED) is 0.0116. The number of rotatable bonds is 38. The molecular weight excluding hydrogens is 1060 g/mol. The van der Waals surface area contributed by atoms with Crippen LogP contribution in [0.25, 0.3) is 0 Å². The highest BCUT2D eigenvalue weighted by Gasteiger charge is 2.43. The van der Waals surface area contributed by atoms with E-state index in [1.54, 1.807) is 19.1 Å². The van der Waals surface area contributed by atoms with Crippen LogP contribution in [0.3, 0.4) is 0 Å². The van der Waals surface area contributed by atoms with Crippen molar-refractivity contribution in [1.82, 2.24) is 0 Å². The molecular formula is C40H66Cl11O10S-. The second-order valence-corrected chi connectivity index (χ2v) is 23.2. The Kier molecular flexibility index (Phi) is 36.4. The van der Waals surface area contributed by atoms with Crippen molar-refractivity contribution in [2.75, 3.05) is 6.61 Å². The van der Waals surface area contributed by atoms with Crippen LogP contribution in [0, 0.1) is 0 Å². The lowest BCUT2D eigenvalue weighted by molar-refractivity contribution is -0.146. The molecule has 22 heteroatoms. The van der Waals surface area contributed by atoms with Gasteiger partial charge < -0.3 is 29.7 Å². The summed E-state index contributed by atoms with van der Waals surface area (Å²) < 4.78 is 43.6. The van der Waals surface area contributed by atoms with Crippen LogP contribution in [0.5, 0.6) is 0 Å². The summed E-state index contributed by atoms with van der Waals surface area (Å²) in [5, 5.41) is 29.1. The molecule has 10 nitrogen and oxygen atoms in total. The Morgan fingerprint density at radius 1 is 0.694 bits per heavy atom. The van der Waals surface area contributed by atoms with Crippen molar-refractivity contribution < 1.29 is 47.1 Å². The van der Waals surface area contributed by atoms with Gasteiger partial charge in [-0.3, -0.25) is 8.98 Å². The third-order valence-corrected chi connectivity index (χ3v) is 16.4. The van der Waals surface area contributed by atoms with Gasteiger partial charge in [-0.05, 0) is 51.5 Å². The molecule has 0 bridgehead atoms. The van der Waals surface area contributed by atoms with E-state index in [0.29, 0.717) is 6.42 Å². The zero-order chi connectivity index (χ0) is 47.6. The minimum absolute atomic E-state index is 0.0229. The molecule has 0 aromatic heterocycles. The van der Waals surface area contributed by atoms with E-state index < -0.39 is 107 Å². The predicted molar refractivity (Wildman–Crippen MR) is 259 cm³/mol. The minimum Gasteiger partial charge on any atom is -0.726 e. The van der Waals surface area contributed by atoms with E-state index in [2.05, 4.69) is 6.92 Å². The second-order valence-electron chi connectivity index (χ2n) is 15.7. The number of allylic oxidation sites excluding steroid dienone is 1. The highest BCUT2D eigenvalue weighted by molar-refractivity contribution is 7.80. The number of halogens is 11. The molecule has 0 rings (SSSR count). The number of carbonyl (C=O) groups excluding carboxylic acids is 1. The summed E-state index contributed by atoms with van der Waals surface area (Å²) in [6, 6.07) is 0. The van der Waals surface area contributed by atoms with Gasteiger partial charge in [-0.1, -0.05) is 90.0 Å². The van der Waals surface area contributed by atoms with E-state index in [1.807, 2.05) is 0 Å². The van der Waals surface area contributed by atoms with E-state index >= 15 is 0 Å². The maximum atomic E-state index is 12.4. The molecule has 0 aliphatic rings. The van der Waals surface area contributed by atoms with Crippen LogP contribution in [0.1, 0.15) is 136 Å². The molecule has 0 spiro atoms. The maximum Gasteiger partial charge on any atom is 0.306 e. The summed E-state index contributed by atoms with van der Waals surface area (Å²) in [7, 11) is -5.33. The summed E-state index contributed by atoms with van der Waals surface area (Å²) in [6.45, 7) is 3.33. The first-order valence-corrected chi connectivity index (χ1v) is 27.2. The van der Waals surface area contributed by atoms with Gasteiger partial charge in [-0.25, -0.2) is 8.42 Å². The SMILES string of the molecule is CCCCCCCCCCCCCCCC(=O)OC(C)/C=C/C[C@@H](Cl)[C@H](Cl)[C@H](CC(Cl)[C@H](Cl)[C@@H](O)[C@H](Cl)[C@@H](Cl)[C@H](Cl)C(O)[C@H](Cl)CC(Cl)(Cl)CCC(Cl)C(O)CO)OS(=O)(=O)[O-]. The molecule has 0 aromatic rings. The van der Waals surface area contributed by atoms with E-state index in [9.17, 15) is 33.1 Å². The number of esters is 1. The average Bonchev–Trinajstić information content (AvgIpc) is 3.20. The highest BCUT2D eigenvalue weighted by Crippen LogP contribution is 2.38. The third-order valence-electron chi connectivity index (χ3n) is 10.2. The first-order valence-electron chi connectivity index (χ1n) is 21.2. The summed E-state index contributed by atoms with van der Waals surface area (Å²) in [4.78, 5) is 12.4. The Bertz CT molecular complexity index is 1310. The average molecular weight is 1130 g/mol. The Morgan fingerprint density at radius 3 is 1.69 bits per heavy atom. The van der Waals surface area contributed by atoms with Crippen molar-refractivity contribution in [1.29, 1.82) is 0 Å².